The van der Waals surface area contributed by atoms with Gasteiger partial charge in [-0.15, -0.1) is 0 Å². The quantitative estimate of drug-likeness (QED) is 0.747. The predicted molar refractivity (Wildman–Crippen MR) is 60.6 cm³/mol. The first-order valence-corrected chi connectivity index (χ1v) is 6.01. The molecule has 1 N–H and O–H groups in total. The second-order valence-corrected chi connectivity index (χ2v) is 5.72. The summed E-state index contributed by atoms with van der Waals surface area (Å²) in [5, 5.41) is 3.17. The lowest BCUT2D eigenvalue weighted by atomic mass is 9.83. The fraction of sp³-hybridized carbons (Fsp3) is 0.917. The molecule has 1 aliphatic carbocycles. The van der Waals surface area contributed by atoms with Gasteiger partial charge in [-0.1, -0.05) is 13.8 Å². The van der Waals surface area contributed by atoms with Crippen LogP contribution in [0.4, 0.5) is 0 Å². The Morgan fingerprint density at radius 2 is 2.07 bits per heavy atom. The van der Waals surface area contributed by atoms with Gasteiger partial charge in [0.15, 0.2) is 0 Å². The number of likely N-dealkylation sites (tertiary alicyclic amines) is 1. The molecule has 0 aromatic carbocycles. The first kappa shape index (κ1) is 10.9. The number of carbonyl (C=O) groups excluding carboxylic acids is 1. The predicted octanol–water partition coefficient (Wildman–Crippen LogP) is 1.39. The van der Waals surface area contributed by atoms with Gasteiger partial charge < -0.3 is 10.2 Å². The molecule has 0 spiro atoms. The smallest absolute Gasteiger partial charge is 0.239 e. The van der Waals surface area contributed by atoms with E-state index in [2.05, 4.69) is 24.1 Å². The highest BCUT2D eigenvalue weighted by Crippen LogP contribution is 2.35. The third-order valence-electron chi connectivity index (χ3n) is 3.70. The molecule has 0 radical (unpaired) electrons. The highest BCUT2D eigenvalue weighted by atomic mass is 16.2. The summed E-state index contributed by atoms with van der Waals surface area (Å²) in [7, 11) is 1.90. The Kier molecular flexibility index (Phi) is 2.75. The molecule has 1 aliphatic heterocycles. The molecule has 2 rings (SSSR count). The van der Waals surface area contributed by atoms with Crippen LogP contribution in [0.2, 0.25) is 0 Å². The van der Waals surface area contributed by atoms with Crippen molar-refractivity contribution < 1.29 is 4.79 Å². The van der Waals surface area contributed by atoms with Crippen molar-refractivity contribution in [3.8, 4) is 0 Å². The van der Waals surface area contributed by atoms with Crippen LogP contribution in [0.5, 0.6) is 0 Å². The van der Waals surface area contributed by atoms with Crippen molar-refractivity contribution in [3.05, 3.63) is 0 Å². The van der Waals surface area contributed by atoms with Gasteiger partial charge in [0.05, 0.1) is 6.04 Å². The summed E-state index contributed by atoms with van der Waals surface area (Å²) in [4.78, 5) is 14.3. The Morgan fingerprint density at radius 3 is 2.60 bits per heavy atom. The number of nitrogens with one attached hydrogen (secondary N) is 1. The molecule has 2 aliphatic rings. The van der Waals surface area contributed by atoms with Crippen LogP contribution in [-0.2, 0) is 4.79 Å². The van der Waals surface area contributed by atoms with Crippen LogP contribution in [0.1, 0.15) is 39.5 Å². The highest BCUT2D eigenvalue weighted by molar-refractivity contribution is 5.82. The van der Waals surface area contributed by atoms with Crippen LogP contribution in [0, 0.1) is 5.41 Å². The first-order valence-electron chi connectivity index (χ1n) is 6.01. The van der Waals surface area contributed by atoms with E-state index >= 15 is 0 Å². The zero-order valence-corrected chi connectivity index (χ0v) is 10.0. The monoisotopic (exact) mass is 210 g/mol. The van der Waals surface area contributed by atoms with Crippen LogP contribution in [0.15, 0.2) is 0 Å². The molecule has 3 heteroatoms. The Balaban J connectivity index is 2.12. The number of hydrogen-bond acceptors (Lipinski definition) is 2. The molecule has 1 saturated carbocycles. The fourth-order valence-electron chi connectivity index (χ4n) is 2.45. The van der Waals surface area contributed by atoms with Crippen molar-refractivity contribution >= 4 is 5.91 Å². The lowest BCUT2D eigenvalue weighted by molar-refractivity contribution is -0.133. The second kappa shape index (κ2) is 3.78. The summed E-state index contributed by atoms with van der Waals surface area (Å²) in [6, 6.07) is 0.588. The molecule has 1 unspecified atom stereocenters. The maximum absolute atomic E-state index is 12.2. The molecular weight excluding hydrogens is 188 g/mol. The van der Waals surface area contributed by atoms with Crippen LogP contribution >= 0.6 is 0 Å². The maximum Gasteiger partial charge on any atom is 0.239 e. The Morgan fingerprint density at radius 1 is 1.40 bits per heavy atom. The van der Waals surface area contributed by atoms with Gasteiger partial charge in [0, 0.05) is 12.6 Å². The van der Waals surface area contributed by atoms with Crippen molar-refractivity contribution in [3.63, 3.8) is 0 Å². The fourth-order valence-corrected chi connectivity index (χ4v) is 2.45. The van der Waals surface area contributed by atoms with Gasteiger partial charge in [-0.3, -0.25) is 4.79 Å². The zero-order valence-electron chi connectivity index (χ0n) is 10.0. The van der Waals surface area contributed by atoms with E-state index in [-0.39, 0.29) is 11.5 Å². The minimum absolute atomic E-state index is 0.0306. The van der Waals surface area contributed by atoms with Gasteiger partial charge in [-0.25, -0.2) is 0 Å². The third kappa shape index (κ3) is 2.33. The molecule has 1 saturated heterocycles. The van der Waals surface area contributed by atoms with Gasteiger partial charge in [-0.05, 0) is 38.1 Å². The van der Waals surface area contributed by atoms with E-state index in [4.69, 9.17) is 0 Å². The molecular formula is C12H22N2O. The molecule has 3 nitrogen and oxygen atoms in total. The molecule has 1 amide bonds. The number of likely N-dealkylation sites (N-methyl/N-ethyl adjacent to an activating group) is 1. The van der Waals surface area contributed by atoms with E-state index in [1.54, 1.807) is 0 Å². The van der Waals surface area contributed by atoms with Crippen LogP contribution in [0.25, 0.3) is 0 Å². The van der Waals surface area contributed by atoms with E-state index in [0.29, 0.717) is 11.9 Å². The number of amides is 1. The highest BCUT2D eigenvalue weighted by Gasteiger charge is 2.40. The summed E-state index contributed by atoms with van der Waals surface area (Å²) < 4.78 is 0. The van der Waals surface area contributed by atoms with Crippen LogP contribution in [0.3, 0.4) is 0 Å². The van der Waals surface area contributed by atoms with Crippen LogP contribution < -0.4 is 5.32 Å². The standard InChI is InChI=1S/C12H22N2O/c1-12(2)6-7-14(9-4-5-9)11(15)10(8-12)13-3/h9-10,13H,4-8H2,1-3H3. The minimum Gasteiger partial charge on any atom is -0.338 e. The van der Waals surface area contributed by atoms with Crippen molar-refractivity contribution in [2.45, 2.75) is 51.6 Å². The van der Waals surface area contributed by atoms with Gasteiger partial charge in [-0.2, -0.15) is 0 Å². The van der Waals surface area contributed by atoms with E-state index in [1.165, 1.54) is 12.8 Å². The van der Waals surface area contributed by atoms with Crippen molar-refractivity contribution in [1.29, 1.82) is 0 Å². The Hall–Kier alpha value is -0.570. The summed E-state index contributed by atoms with van der Waals surface area (Å²) in [6.07, 6.45) is 4.52. The summed E-state index contributed by atoms with van der Waals surface area (Å²) in [5.74, 6) is 0.325. The minimum atomic E-state index is 0.0306. The topological polar surface area (TPSA) is 32.3 Å². The van der Waals surface area contributed by atoms with Crippen LogP contribution in [-0.4, -0.2) is 36.5 Å². The summed E-state index contributed by atoms with van der Waals surface area (Å²) in [6.45, 7) is 5.48. The molecule has 0 bridgehead atoms. The molecule has 1 atom stereocenters. The molecule has 0 aromatic heterocycles. The molecule has 1 heterocycles. The second-order valence-electron chi connectivity index (χ2n) is 5.72. The summed E-state index contributed by atoms with van der Waals surface area (Å²) >= 11 is 0. The van der Waals surface area contributed by atoms with E-state index in [1.807, 2.05) is 7.05 Å². The normalized spacial score (nSPS) is 31.5. The molecule has 86 valence electrons. The average molecular weight is 210 g/mol. The third-order valence-corrected chi connectivity index (χ3v) is 3.70. The molecule has 2 fully saturated rings. The van der Waals surface area contributed by atoms with Crippen molar-refractivity contribution in [1.82, 2.24) is 10.2 Å². The van der Waals surface area contributed by atoms with E-state index in [9.17, 15) is 4.79 Å². The molecule has 0 aromatic rings. The van der Waals surface area contributed by atoms with Crippen molar-refractivity contribution in [2.24, 2.45) is 5.41 Å². The van der Waals surface area contributed by atoms with Gasteiger partial charge in [0.1, 0.15) is 0 Å². The maximum atomic E-state index is 12.2. The number of rotatable bonds is 2. The zero-order chi connectivity index (χ0) is 11.1. The van der Waals surface area contributed by atoms with E-state index < -0.39 is 0 Å². The largest absolute Gasteiger partial charge is 0.338 e. The number of nitrogens with zero attached hydrogens (tertiary/aromatic N) is 1. The van der Waals surface area contributed by atoms with Gasteiger partial charge >= 0.3 is 0 Å². The average Bonchev–Trinajstić information content (AvgIpc) is 2.96. The van der Waals surface area contributed by atoms with Gasteiger partial charge in [0.2, 0.25) is 5.91 Å². The number of carbonyl (C=O) groups is 1. The Labute approximate surface area is 92.2 Å². The Bertz CT molecular complexity index is 258. The van der Waals surface area contributed by atoms with Crippen molar-refractivity contribution in [2.75, 3.05) is 13.6 Å². The lowest BCUT2D eigenvalue weighted by Gasteiger charge is -2.24. The summed E-state index contributed by atoms with van der Waals surface area (Å²) in [5.41, 5.74) is 0.285. The first-order chi connectivity index (χ1) is 7.03. The molecule has 15 heavy (non-hydrogen) atoms. The van der Waals surface area contributed by atoms with Gasteiger partial charge in [0.25, 0.3) is 0 Å². The lowest BCUT2D eigenvalue weighted by Crippen LogP contribution is -2.45. The number of hydrogen-bond donors (Lipinski definition) is 1. The van der Waals surface area contributed by atoms with E-state index in [0.717, 1.165) is 19.4 Å². The SMILES string of the molecule is CNC1CC(C)(C)CCN(C2CC2)C1=O.